The van der Waals surface area contributed by atoms with Crippen LogP contribution in [0.15, 0.2) is 30.3 Å². The van der Waals surface area contributed by atoms with Crippen LogP contribution in [-0.2, 0) is 16.1 Å². The summed E-state index contributed by atoms with van der Waals surface area (Å²) in [5.74, 6) is 0.0708. The molecular weight excluding hydrogens is 336 g/mol. The molecule has 0 bridgehead atoms. The van der Waals surface area contributed by atoms with Crippen LogP contribution < -0.4 is 5.32 Å². The normalized spacial score (nSPS) is 20.6. The number of hydrogen-bond donors (Lipinski definition) is 1. The molecule has 1 atom stereocenters. The van der Waals surface area contributed by atoms with Crippen molar-refractivity contribution in [3.05, 3.63) is 40.9 Å². The van der Waals surface area contributed by atoms with Crippen molar-refractivity contribution < 1.29 is 9.59 Å². The van der Waals surface area contributed by atoms with E-state index in [0.717, 1.165) is 23.4 Å². The van der Waals surface area contributed by atoms with Crippen LogP contribution >= 0.6 is 11.3 Å². The molecule has 2 aromatic rings. The predicted octanol–water partition coefficient (Wildman–Crippen LogP) is 2.79. The van der Waals surface area contributed by atoms with Crippen molar-refractivity contribution in [2.75, 3.05) is 11.9 Å². The molecule has 25 heavy (non-hydrogen) atoms. The van der Waals surface area contributed by atoms with E-state index in [1.54, 1.807) is 4.90 Å². The van der Waals surface area contributed by atoms with Crippen molar-refractivity contribution in [3.63, 3.8) is 0 Å². The first-order chi connectivity index (χ1) is 12.2. The Balaban J connectivity index is 1.34. The van der Waals surface area contributed by atoms with Crippen LogP contribution in [0.1, 0.15) is 42.2 Å². The van der Waals surface area contributed by atoms with Gasteiger partial charge in [-0.15, -0.1) is 10.2 Å². The van der Waals surface area contributed by atoms with Gasteiger partial charge in [0.05, 0.1) is 5.92 Å². The second-order valence-electron chi connectivity index (χ2n) is 6.72. The van der Waals surface area contributed by atoms with Gasteiger partial charge < -0.3 is 10.2 Å². The third kappa shape index (κ3) is 3.56. The van der Waals surface area contributed by atoms with Gasteiger partial charge in [0.25, 0.3) is 0 Å². The van der Waals surface area contributed by atoms with Crippen molar-refractivity contribution in [3.8, 4) is 0 Å². The lowest BCUT2D eigenvalue weighted by molar-refractivity contribution is -0.128. The Kier molecular flexibility index (Phi) is 4.48. The molecule has 1 aromatic heterocycles. The molecule has 4 rings (SSSR count). The van der Waals surface area contributed by atoms with Crippen molar-refractivity contribution in [2.45, 2.75) is 38.1 Å². The van der Waals surface area contributed by atoms with Crippen LogP contribution in [0, 0.1) is 5.92 Å². The van der Waals surface area contributed by atoms with E-state index >= 15 is 0 Å². The lowest BCUT2D eigenvalue weighted by Crippen LogP contribution is -2.28. The van der Waals surface area contributed by atoms with Crippen LogP contribution in [0.5, 0.6) is 0 Å². The van der Waals surface area contributed by atoms with Crippen LogP contribution in [0.4, 0.5) is 5.13 Å². The quantitative estimate of drug-likeness (QED) is 0.894. The number of nitrogens with one attached hydrogen (secondary N) is 1. The van der Waals surface area contributed by atoms with Crippen LogP contribution in [0.2, 0.25) is 0 Å². The summed E-state index contributed by atoms with van der Waals surface area (Å²) in [6.45, 7) is 1.00. The first-order valence-electron chi connectivity index (χ1n) is 8.65. The average Bonchev–Trinajstić information content (AvgIpc) is 3.14. The van der Waals surface area contributed by atoms with Crippen LogP contribution in [0.25, 0.3) is 0 Å². The van der Waals surface area contributed by atoms with E-state index < -0.39 is 0 Å². The average molecular weight is 356 g/mol. The van der Waals surface area contributed by atoms with Gasteiger partial charge >= 0.3 is 0 Å². The predicted molar refractivity (Wildman–Crippen MR) is 95.1 cm³/mol. The number of amides is 2. The van der Waals surface area contributed by atoms with Gasteiger partial charge in [0.2, 0.25) is 16.9 Å². The Morgan fingerprint density at radius 3 is 2.76 bits per heavy atom. The van der Waals surface area contributed by atoms with Crippen LogP contribution in [-0.4, -0.2) is 33.5 Å². The lowest BCUT2D eigenvalue weighted by Gasteiger charge is -2.21. The molecule has 2 heterocycles. The summed E-state index contributed by atoms with van der Waals surface area (Å²) in [5.41, 5.74) is 1.08. The molecule has 0 spiro atoms. The summed E-state index contributed by atoms with van der Waals surface area (Å²) in [5, 5.41) is 12.6. The fraction of sp³-hybridized carbons (Fsp3) is 0.444. The van der Waals surface area contributed by atoms with Crippen molar-refractivity contribution in [2.24, 2.45) is 5.92 Å². The number of carbonyl (C=O) groups excluding carboxylic acids is 2. The number of anilines is 1. The first-order valence-corrected chi connectivity index (χ1v) is 9.46. The fourth-order valence-corrected chi connectivity index (χ4v) is 4.13. The molecule has 0 radical (unpaired) electrons. The number of rotatable bonds is 5. The maximum atomic E-state index is 12.5. The molecule has 6 nitrogen and oxygen atoms in total. The minimum Gasteiger partial charge on any atom is -0.338 e. The Labute approximate surface area is 150 Å². The van der Waals surface area contributed by atoms with E-state index in [1.165, 1.54) is 17.8 Å². The largest absolute Gasteiger partial charge is 0.338 e. The number of hydrogen-bond acceptors (Lipinski definition) is 5. The third-order valence-corrected chi connectivity index (χ3v) is 5.93. The zero-order valence-corrected chi connectivity index (χ0v) is 14.7. The number of carbonyl (C=O) groups is 2. The molecule has 1 saturated carbocycles. The van der Waals surface area contributed by atoms with E-state index in [9.17, 15) is 9.59 Å². The molecule has 1 aliphatic heterocycles. The number of benzene rings is 1. The Morgan fingerprint density at radius 2 is 2.04 bits per heavy atom. The van der Waals surface area contributed by atoms with E-state index in [4.69, 9.17) is 0 Å². The van der Waals surface area contributed by atoms with Gasteiger partial charge in [-0.25, -0.2) is 0 Å². The van der Waals surface area contributed by atoms with Crippen molar-refractivity contribution >= 4 is 28.3 Å². The van der Waals surface area contributed by atoms with Gasteiger partial charge in [-0.05, 0) is 18.4 Å². The molecule has 0 unspecified atom stereocenters. The van der Waals surface area contributed by atoms with Gasteiger partial charge in [0.1, 0.15) is 5.01 Å². The zero-order valence-electron chi connectivity index (χ0n) is 13.9. The van der Waals surface area contributed by atoms with Crippen molar-refractivity contribution in [1.82, 2.24) is 15.1 Å². The molecule has 2 amide bonds. The first kappa shape index (κ1) is 16.2. The smallest absolute Gasteiger partial charge is 0.231 e. The van der Waals surface area contributed by atoms with Gasteiger partial charge in [-0.1, -0.05) is 48.1 Å². The van der Waals surface area contributed by atoms with Gasteiger partial charge in [0, 0.05) is 25.4 Å². The second-order valence-corrected chi connectivity index (χ2v) is 7.73. The van der Waals surface area contributed by atoms with E-state index in [-0.39, 0.29) is 24.2 Å². The van der Waals surface area contributed by atoms with Gasteiger partial charge in [0.15, 0.2) is 0 Å². The van der Waals surface area contributed by atoms with E-state index in [1.807, 2.05) is 30.3 Å². The molecule has 1 saturated heterocycles. The third-order valence-electron chi connectivity index (χ3n) is 4.93. The maximum Gasteiger partial charge on any atom is 0.231 e. The summed E-state index contributed by atoms with van der Waals surface area (Å²) in [4.78, 5) is 26.4. The fourth-order valence-electron chi connectivity index (χ4n) is 3.22. The second kappa shape index (κ2) is 6.92. The maximum absolute atomic E-state index is 12.5. The highest BCUT2D eigenvalue weighted by Crippen LogP contribution is 2.38. The lowest BCUT2D eigenvalue weighted by atomic mass is 9.86. The Hall–Kier alpha value is -2.28. The monoisotopic (exact) mass is 356 g/mol. The van der Waals surface area contributed by atoms with Gasteiger partial charge in [-0.2, -0.15) is 0 Å². The SMILES string of the molecule is O=C(Nc1nnc(C2CCC2)s1)[C@@H]1CC(=O)N(Cc2ccccc2)C1. The highest BCUT2D eigenvalue weighted by Gasteiger charge is 2.34. The molecule has 130 valence electrons. The highest BCUT2D eigenvalue weighted by molar-refractivity contribution is 7.15. The Morgan fingerprint density at radius 1 is 1.24 bits per heavy atom. The summed E-state index contributed by atoms with van der Waals surface area (Å²) in [6.07, 6.45) is 3.82. The van der Waals surface area contributed by atoms with Crippen LogP contribution in [0.3, 0.4) is 0 Å². The molecular formula is C18H20N4O2S. The van der Waals surface area contributed by atoms with E-state index in [0.29, 0.717) is 24.1 Å². The standard InChI is InChI=1S/C18H20N4O2S/c23-15-9-14(11-22(15)10-12-5-2-1-3-6-12)16(24)19-18-21-20-17(25-18)13-7-4-8-13/h1-3,5-6,13-14H,4,7-11H2,(H,19,21,24)/t14-/m1/s1. The number of nitrogens with zero attached hydrogens (tertiary/aromatic N) is 3. The summed E-state index contributed by atoms with van der Waals surface area (Å²) >= 11 is 1.46. The molecule has 1 aromatic carbocycles. The Bertz CT molecular complexity index is 772. The highest BCUT2D eigenvalue weighted by atomic mass is 32.1. The minimum atomic E-state index is -0.327. The number of likely N-dealkylation sites (tertiary alicyclic amines) is 1. The summed E-state index contributed by atoms with van der Waals surface area (Å²) in [6, 6.07) is 9.84. The molecule has 2 fully saturated rings. The summed E-state index contributed by atoms with van der Waals surface area (Å²) in [7, 11) is 0. The molecule has 2 aliphatic rings. The molecule has 1 aliphatic carbocycles. The topological polar surface area (TPSA) is 75.2 Å². The van der Waals surface area contributed by atoms with Gasteiger partial charge in [-0.3, -0.25) is 9.59 Å². The molecule has 7 heteroatoms. The minimum absolute atomic E-state index is 0.0245. The summed E-state index contributed by atoms with van der Waals surface area (Å²) < 4.78 is 0. The zero-order chi connectivity index (χ0) is 17.2. The number of aromatic nitrogens is 2. The van der Waals surface area contributed by atoms with E-state index in [2.05, 4.69) is 15.5 Å². The molecule has 1 N–H and O–H groups in total. The van der Waals surface area contributed by atoms with Crippen molar-refractivity contribution in [1.29, 1.82) is 0 Å².